The van der Waals surface area contributed by atoms with Crippen molar-refractivity contribution in [1.29, 1.82) is 0 Å². The molecule has 35 heavy (non-hydrogen) atoms. The highest BCUT2D eigenvalue weighted by Gasteiger charge is 2.66. The van der Waals surface area contributed by atoms with Crippen molar-refractivity contribution in [1.82, 2.24) is 20.4 Å². The van der Waals surface area contributed by atoms with Gasteiger partial charge in [-0.15, -0.1) is 0 Å². The van der Waals surface area contributed by atoms with Gasteiger partial charge in [-0.25, -0.2) is 13.6 Å². The molecule has 1 saturated carbocycles. The van der Waals surface area contributed by atoms with Gasteiger partial charge < -0.3 is 15.3 Å². The number of nitrogens with one attached hydrogen (secondary N) is 1. The first kappa shape index (κ1) is 24.1. The third-order valence-corrected chi connectivity index (χ3v) is 8.77. The largest absolute Gasteiger partial charge is 0.389 e. The molecule has 0 spiro atoms. The van der Waals surface area contributed by atoms with E-state index in [4.69, 9.17) is 0 Å². The van der Waals surface area contributed by atoms with Crippen molar-refractivity contribution in [2.75, 3.05) is 19.6 Å². The van der Waals surface area contributed by atoms with Gasteiger partial charge in [0.25, 0.3) is 0 Å². The number of nitrogens with zero attached hydrogens (tertiary/aromatic N) is 3. The molecule has 1 unspecified atom stereocenters. The second-order valence-corrected chi connectivity index (χ2v) is 11.7. The van der Waals surface area contributed by atoms with Crippen LogP contribution in [0.3, 0.4) is 0 Å². The van der Waals surface area contributed by atoms with E-state index in [0.29, 0.717) is 13.1 Å². The van der Waals surface area contributed by atoms with Gasteiger partial charge in [0.1, 0.15) is 11.6 Å². The molecule has 188 valence electrons. The van der Waals surface area contributed by atoms with Crippen molar-refractivity contribution in [3.63, 3.8) is 0 Å². The Morgan fingerprint density at radius 3 is 2.63 bits per heavy atom. The number of hydrogen-bond acceptors (Lipinski definition) is 4. The molecule has 1 saturated heterocycles. The molecule has 3 atom stereocenters. The maximum atomic E-state index is 14.5. The number of piperidine rings is 1. The van der Waals surface area contributed by atoms with Crippen molar-refractivity contribution in [2.24, 2.45) is 11.3 Å². The van der Waals surface area contributed by atoms with Gasteiger partial charge in [-0.2, -0.15) is 10.2 Å². The first-order chi connectivity index (χ1) is 16.5. The summed E-state index contributed by atoms with van der Waals surface area (Å²) in [6.45, 7) is 9.35. The summed E-state index contributed by atoms with van der Waals surface area (Å²) in [5.41, 5.74) is 0.730. The van der Waals surface area contributed by atoms with E-state index in [-0.39, 0.29) is 46.5 Å². The molecular weight excluding hydrogens is 450 g/mol. The smallest absolute Gasteiger partial charge is 0.317 e. The lowest BCUT2D eigenvalue weighted by Gasteiger charge is -2.48. The minimum atomic E-state index is -0.973. The minimum Gasteiger partial charge on any atom is -0.389 e. The van der Waals surface area contributed by atoms with Crippen molar-refractivity contribution in [3.8, 4) is 11.3 Å². The van der Waals surface area contributed by atoms with Crippen molar-refractivity contribution in [3.05, 3.63) is 47.2 Å². The molecule has 2 heterocycles. The number of aliphatic hydroxyl groups is 1. The van der Waals surface area contributed by atoms with Crippen LogP contribution in [-0.2, 0) is 5.41 Å². The number of aromatic nitrogens is 2. The van der Waals surface area contributed by atoms with Crippen LogP contribution in [0.2, 0.25) is 0 Å². The summed E-state index contributed by atoms with van der Waals surface area (Å²) in [7, 11) is 0. The fourth-order valence-corrected chi connectivity index (χ4v) is 7.11. The quantitative estimate of drug-likeness (QED) is 0.655. The molecule has 2 amide bonds. The molecule has 1 aliphatic heterocycles. The molecule has 1 aromatic heterocycles. The lowest BCUT2D eigenvalue weighted by atomic mass is 9.59. The Hall–Kier alpha value is -2.61. The standard InChI is InChI=1S/C27H34F2N4O2/c1-25(2,35)15-30-24(34)33-12-6-7-16(14-33)27-11-10-18(26(27,3)4)17-13-21(31-32-23(17)27)22-19(28)8-5-9-20(22)29/h5,8-9,13,16,18,35H,6-7,10-12,14-15H2,1-4H3,(H,30,34)/t16-,18-,27?/m0/s1. The zero-order chi connectivity index (χ0) is 25.2. The second-order valence-electron chi connectivity index (χ2n) is 11.7. The maximum absolute atomic E-state index is 14.5. The van der Waals surface area contributed by atoms with Crippen LogP contribution >= 0.6 is 0 Å². The Morgan fingerprint density at radius 2 is 1.94 bits per heavy atom. The van der Waals surface area contributed by atoms with E-state index in [1.165, 1.54) is 18.2 Å². The molecule has 2 aliphatic carbocycles. The zero-order valence-electron chi connectivity index (χ0n) is 20.9. The van der Waals surface area contributed by atoms with Gasteiger partial charge in [-0.05, 0) is 80.5 Å². The van der Waals surface area contributed by atoms with Crippen LogP contribution in [0.1, 0.15) is 70.6 Å². The number of fused-ring (bicyclic) bond motifs is 5. The first-order valence-corrected chi connectivity index (χ1v) is 12.5. The first-order valence-electron chi connectivity index (χ1n) is 12.5. The van der Waals surface area contributed by atoms with Crippen molar-refractivity contribution >= 4 is 6.03 Å². The molecule has 0 radical (unpaired) electrons. The fraction of sp³-hybridized carbons (Fsp3) is 0.593. The van der Waals surface area contributed by atoms with Gasteiger partial charge in [0.15, 0.2) is 0 Å². The van der Waals surface area contributed by atoms with E-state index < -0.39 is 17.2 Å². The van der Waals surface area contributed by atoms with Crippen LogP contribution < -0.4 is 5.32 Å². The Kier molecular flexibility index (Phi) is 5.66. The topological polar surface area (TPSA) is 78.4 Å². The average Bonchev–Trinajstić information content (AvgIpc) is 3.18. The Labute approximate surface area is 205 Å². The number of benzene rings is 1. The van der Waals surface area contributed by atoms with Gasteiger partial charge in [0.05, 0.1) is 22.6 Å². The molecule has 2 aromatic rings. The van der Waals surface area contributed by atoms with Gasteiger partial charge in [0.2, 0.25) is 0 Å². The summed E-state index contributed by atoms with van der Waals surface area (Å²) in [5.74, 6) is -0.857. The monoisotopic (exact) mass is 484 g/mol. The number of amides is 2. The number of likely N-dealkylation sites (tertiary alicyclic amines) is 1. The number of carbonyl (C=O) groups excluding carboxylic acids is 1. The van der Waals surface area contributed by atoms with E-state index in [1.54, 1.807) is 13.8 Å². The van der Waals surface area contributed by atoms with Gasteiger partial charge in [-0.1, -0.05) is 19.9 Å². The van der Waals surface area contributed by atoms with E-state index in [1.807, 2.05) is 11.0 Å². The van der Waals surface area contributed by atoms with Gasteiger partial charge >= 0.3 is 6.03 Å². The predicted molar refractivity (Wildman–Crippen MR) is 129 cm³/mol. The van der Waals surface area contributed by atoms with Crippen LogP contribution in [0.25, 0.3) is 11.3 Å². The van der Waals surface area contributed by atoms with Gasteiger partial charge in [0, 0.05) is 25.0 Å². The summed E-state index contributed by atoms with van der Waals surface area (Å²) in [6, 6.07) is 5.51. The van der Waals surface area contributed by atoms with Crippen LogP contribution in [0.5, 0.6) is 0 Å². The molecule has 3 aliphatic rings. The van der Waals surface area contributed by atoms with Crippen molar-refractivity contribution in [2.45, 2.75) is 70.3 Å². The number of halogens is 2. The van der Waals surface area contributed by atoms with Crippen LogP contribution in [0, 0.1) is 23.0 Å². The van der Waals surface area contributed by atoms with E-state index in [2.05, 4.69) is 29.4 Å². The summed E-state index contributed by atoms with van der Waals surface area (Å²) in [5, 5.41) is 21.8. The Balaban J connectivity index is 1.48. The van der Waals surface area contributed by atoms with E-state index in [0.717, 1.165) is 36.9 Å². The number of hydrogen-bond donors (Lipinski definition) is 2. The summed E-state index contributed by atoms with van der Waals surface area (Å²) in [4.78, 5) is 14.7. The zero-order valence-corrected chi connectivity index (χ0v) is 20.9. The third-order valence-electron chi connectivity index (χ3n) is 8.77. The number of urea groups is 1. The fourth-order valence-electron chi connectivity index (χ4n) is 7.11. The lowest BCUT2D eigenvalue weighted by molar-refractivity contribution is 0.0605. The van der Waals surface area contributed by atoms with Crippen LogP contribution in [0.4, 0.5) is 13.6 Å². The predicted octanol–water partition coefficient (Wildman–Crippen LogP) is 4.77. The summed E-state index contributed by atoms with van der Waals surface area (Å²) in [6.07, 6.45) is 3.82. The molecule has 8 heteroatoms. The number of carbonyl (C=O) groups is 1. The highest BCUT2D eigenvalue weighted by Crippen LogP contribution is 2.70. The normalized spacial score (nSPS) is 27.1. The summed E-state index contributed by atoms with van der Waals surface area (Å²) >= 11 is 0. The minimum absolute atomic E-state index is 0.117. The molecule has 2 N–H and O–H groups in total. The highest BCUT2D eigenvalue weighted by molar-refractivity contribution is 5.74. The molecule has 6 nitrogen and oxygen atoms in total. The molecule has 5 rings (SSSR count). The molecule has 1 aromatic carbocycles. The van der Waals surface area contributed by atoms with E-state index in [9.17, 15) is 18.7 Å². The van der Waals surface area contributed by atoms with Crippen molar-refractivity contribution < 1.29 is 18.7 Å². The maximum Gasteiger partial charge on any atom is 0.317 e. The van der Waals surface area contributed by atoms with Crippen LogP contribution in [-0.4, -0.2) is 51.5 Å². The lowest BCUT2D eigenvalue weighted by Crippen LogP contribution is -2.54. The third kappa shape index (κ3) is 3.72. The van der Waals surface area contributed by atoms with E-state index >= 15 is 0 Å². The highest BCUT2D eigenvalue weighted by atomic mass is 19.1. The number of rotatable bonds is 4. The SMILES string of the molecule is CC(C)(O)CNC(=O)N1CCC[C@H](C23CC[C@@H](c4cc(-c5c(F)cccc5F)nnc42)C3(C)C)C1. The molecule has 2 bridgehead atoms. The Morgan fingerprint density at radius 1 is 1.23 bits per heavy atom. The van der Waals surface area contributed by atoms with Gasteiger partial charge in [-0.3, -0.25) is 0 Å². The summed E-state index contributed by atoms with van der Waals surface area (Å²) < 4.78 is 29.0. The molecular formula is C27H34F2N4O2. The van der Waals surface area contributed by atoms with Crippen LogP contribution in [0.15, 0.2) is 24.3 Å². The second kappa shape index (κ2) is 8.22. The average molecular weight is 485 g/mol. The molecule has 2 fully saturated rings. The Bertz CT molecular complexity index is 1140.